The summed E-state index contributed by atoms with van der Waals surface area (Å²) in [5.74, 6) is 0.108. The van der Waals surface area contributed by atoms with Crippen LogP contribution in [0.1, 0.15) is 20.8 Å². The Bertz CT molecular complexity index is 398. The third-order valence-corrected chi connectivity index (χ3v) is 5.49. The van der Waals surface area contributed by atoms with Crippen LogP contribution in [-0.2, 0) is 9.47 Å². The molecular formula is C15H21ClO2S. The van der Waals surface area contributed by atoms with Gasteiger partial charge in [-0.05, 0) is 26.0 Å². The first kappa shape index (κ1) is 15.2. The van der Waals surface area contributed by atoms with Gasteiger partial charge >= 0.3 is 0 Å². The van der Waals surface area contributed by atoms with Crippen molar-refractivity contribution in [2.45, 2.75) is 36.7 Å². The molecule has 106 valence electrons. The number of hydrogen-bond donors (Lipinski definition) is 0. The maximum atomic E-state index is 6.18. The van der Waals surface area contributed by atoms with Gasteiger partial charge < -0.3 is 9.47 Å². The van der Waals surface area contributed by atoms with Gasteiger partial charge in [0.1, 0.15) is 0 Å². The molecule has 1 atom stereocenters. The number of rotatable bonds is 4. The molecule has 2 rings (SSSR count). The summed E-state index contributed by atoms with van der Waals surface area (Å²) in [6.45, 7) is 7.44. The summed E-state index contributed by atoms with van der Waals surface area (Å²) in [6.07, 6.45) is 0. The van der Waals surface area contributed by atoms with Crippen LogP contribution in [-0.4, -0.2) is 30.1 Å². The van der Waals surface area contributed by atoms with Crippen molar-refractivity contribution in [3.63, 3.8) is 0 Å². The zero-order valence-corrected chi connectivity index (χ0v) is 13.3. The predicted molar refractivity (Wildman–Crippen MR) is 80.9 cm³/mol. The summed E-state index contributed by atoms with van der Waals surface area (Å²) in [6, 6.07) is 10.3. The molecule has 0 bridgehead atoms. The zero-order valence-electron chi connectivity index (χ0n) is 11.7. The van der Waals surface area contributed by atoms with Gasteiger partial charge in [0.25, 0.3) is 0 Å². The Morgan fingerprint density at radius 2 is 1.74 bits per heavy atom. The van der Waals surface area contributed by atoms with Crippen molar-refractivity contribution in [2.75, 3.05) is 19.1 Å². The van der Waals surface area contributed by atoms with Crippen molar-refractivity contribution in [3.05, 3.63) is 30.3 Å². The zero-order chi connectivity index (χ0) is 13.9. The topological polar surface area (TPSA) is 18.5 Å². The van der Waals surface area contributed by atoms with E-state index in [-0.39, 0.29) is 10.7 Å². The van der Waals surface area contributed by atoms with Gasteiger partial charge in [0.2, 0.25) is 0 Å². The van der Waals surface area contributed by atoms with E-state index in [2.05, 4.69) is 19.1 Å². The minimum absolute atomic E-state index is 0.0578. The second-order valence-electron chi connectivity index (χ2n) is 5.71. The number of benzene rings is 1. The van der Waals surface area contributed by atoms with Crippen LogP contribution in [0.5, 0.6) is 0 Å². The van der Waals surface area contributed by atoms with Gasteiger partial charge in [0.05, 0.1) is 13.2 Å². The molecule has 0 aliphatic carbocycles. The molecular weight excluding hydrogens is 280 g/mol. The first-order valence-electron chi connectivity index (χ1n) is 6.51. The maximum absolute atomic E-state index is 6.18. The van der Waals surface area contributed by atoms with E-state index in [0.29, 0.717) is 19.1 Å². The smallest absolute Gasteiger partial charge is 0.162 e. The Balaban J connectivity index is 2.05. The van der Waals surface area contributed by atoms with Gasteiger partial charge in [-0.25, -0.2) is 0 Å². The first-order valence-corrected chi connectivity index (χ1v) is 7.92. The lowest BCUT2D eigenvalue weighted by Gasteiger charge is -2.44. The highest BCUT2D eigenvalue weighted by molar-refractivity contribution is 8.00. The fourth-order valence-corrected chi connectivity index (χ4v) is 3.66. The van der Waals surface area contributed by atoms with E-state index in [4.69, 9.17) is 21.1 Å². The quantitative estimate of drug-likeness (QED) is 0.614. The second-order valence-corrected chi connectivity index (χ2v) is 7.29. The fourth-order valence-electron chi connectivity index (χ4n) is 1.97. The summed E-state index contributed by atoms with van der Waals surface area (Å²) >= 11 is 7.98. The molecule has 0 aromatic heterocycles. The molecule has 4 heteroatoms. The van der Waals surface area contributed by atoms with Crippen LogP contribution >= 0.6 is 23.4 Å². The second kappa shape index (κ2) is 6.04. The normalized spacial score (nSPS) is 22.9. The van der Waals surface area contributed by atoms with E-state index in [9.17, 15) is 0 Å². The maximum Gasteiger partial charge on any atom is 0.162 e. The SMILES string of the molecule is CC1(C)OCC(C)(C(CCl)Sc2ccccc2)CO1. The van der Waals surface area contributed by atoms with E-state index in [1.807, 2.05) is 32.0 Å². The van der Waals surface area contributed by atoms with Crippen molar-refractivity contribution in [2.24, 2.45) is 5.41 Å². The number of alkyl halides is 1. The summed E-state index contributed by atoms with van der Waals surface area (Å²) in [5.41, 5.74) is -0.0578. The van der Waals surface area contributed by atoms with Crippen LogP contribution in [0.3, 0.4) is 0 Å². The third kappa shape index (κ3) is 3.88. The number of hydrogen-bond acceptors (Lipinski definition) is 3. The molecule has 0 spiro atoms. The Morgan fingerprint density at radius 1 is 1.16 bits per heavy atom. The summed E-state index contributed by atoms with van der Waals surface area (Å²) in [4.78, 5) is 1.24. The lowest BCUT2D eigenvalue weighted by atomic mass is 9.88. The van der Waals surface area contributed by atoms with E-state index >= 15 is 0 Å². The molecule has 19 heavy (non-hydrogen) atoms. The molecule has 1 aromatic carbocycles. The van der Waals surface area contributed by atoms with E-state index in [1.54, 1.807) is 11.8 Å². The van der Waals surface area contributed by atoms with Crippen LogP contribution in [0.15, 0.2) is 35.2 Å². The molecule has 1 fully saturated rings. The molecule has 0 N–H and O–H groups in total. The fraction of sp³-hybridized carbons (Fsp3) is 0.600. The Hall–Kier alpha value is -0.220. The molecule has 1 unspecified atom stereocenters. The van der Waals surface area contributed by atoms with Gasteiger partial charge in [-0.2, -0.15) is 0 Å². The van der Waals surface area contributed by atoms with Crippen LogP contribution in [0, 0.1) is 5.41 Å². The highest BCUT2D eigenvalue weighted by atomic mass is 35.5. The molecule has 1 aromatic rings. The first-order chi connectivity index (χ1) is 8.95. The van der Waals surface area contributed by atoms with Crippen LogP contribution in [0.2, 0.25) is 0 Å². The van der Waals surface area contributed by atoms with Gasteiger partial charge in [0, 0.05) is 21.4 Å². The lowest BCUT2D eigenvalue weighted by molar-refractivity contribution is -0.281. The average Bonchev–Trinajstić information content (AvgIpc) is 2.41. The summed E-state index contributed by atoms with van der Waals surface area (Å²) in [7, 11) is 0. The largest absolute Gasteiger partial charge is 0.350 e. The van der Waals surface area contributed by atoms with Crippen molar-refractivity contribution < 1.29 is 9.47 Å². The van der Waals surface area contributed by atoms with Crippen molar-refractivity contribution in [1.82, 2.24) is 0 Å². The summed E-state index contributed by atoms with van der Waals surface area (Å²) < 4.78 is 11.6. The van der Waals surface area contributed by atoms with Gasteiger partial charge in [-0.3, -0.25) is 0 Å². The minimum Gasteiger partial charge on any atom is -0.350 e. The molecule has 1 heterocycles. The Morgan fingerprint density at radius 3 is 2.26 bits per heavy atom. The lowest BCUT2D eigenvalue weighted by Crippen LogP contribution is -2.50. The third-order valence-electron chi connectivity index (χ3n) is 3.44. The van der Waals surface area contributed by atoms with E-state index in [0.717, 1.165) is 0 Å². The molecule has 0 amide bonds. The average molecular weight is 301 g/mol. The molecule has 1 saturated heterocycles. The van der Waals surface area contributed by atoms with Gasteiger partial charge in [-0.15, -0.1) is 23.4 Å². The Labute approximate surface area is 124 Å². The molecule has 1 aliphatic rings. The van der Waals surface area contributed by atoms with Crippen molar-refractivity contribution >= 4 is 23.4 Å². The minimum atomic E-state index is -0.478. The Kier molecular flexibility index (Phi) is 4.83. The van der Waals surface area contributed by atoms with Crippen LogP contribution < -0.4 is 0 Å². The number of halogens is 1. The van der Waals surface area contributed by atoms with Crippen LogP contribution in [0.25, 0.3) is 0 Å². The van der Waals surface area contributed by atoms with Crippen LogP contribution in [0.4, 0.5) is 0 Å². The molecule has 1 aliphatic heterocycles. The molecule has 2 nitrogen and oxygen atoms in total. The molecule has 0 saturated carbocycles. The predicted octanol–water partition coefficient (Wildman–Crippen LogP) is 4.18. The van der Waals surface area contributed by atoms with Gasteiger partial charge in [-0.1, -0.05) is 25.1 Å². The summed E-state index contributed by atoms with van der Waals surface area (Å²) in [5, 5.41) is 0.271. The number of ether oxygens (including phenoxy) is 2. The van der Waals surface area contributed by atoms with E-state index < -0.39 is 5.79 Å². The highest BCUT2D eigenvalue weighted by Crippen LogP contribution is 2.41. The van der Waals surface area contributed by atoms with Gasteiger partial charge in [0.15, 0.2) is 5.79 Å². The van der Waals surface area contributed by atoms with Crippen molar-refractivity contribution in [3.8, 4) is 0 Å². The monoisotopic (exact) mass is 300 g/mol. The standard InChI is InChI=1S/C15H21ClO2S/c1-14(2)17-10-15(3,11-18-14)13(9-16)19-12-7-5-4-6-8-12/h4-8,13H,9-11H2,1-3H3. The number of thioether (sulfide) groups is 1. The van der Waals surface area contributed by atoms with E-state index in [1.165, 1.54) is 4.90 Å². The highest BCUT2D eigenvalue weighted by Gasteiger charge is 2.42. The molecule has 0 radical (unpaired) electrons. The van der Waals surface area contributed by atoms with Crippen molar-refractivity contribution in [1.29, 1.82) is 0 Å².